The van der Waals surface area contributed by atoms with Gasteiger partial charge in [0.05, 0.1) is 13.7 Å². The zero-order valence-electron chi connectivity index (χ0n) is 15.7. The standard InChI is InChI=1S/C20H33N3O2/c1-3-21-19(22-15-17-7-9-18(25-2)10-8-17)23-16-20(13-14-24)11-5-4-6-12-20/h7-10,24H,3-6,11-16H2,1-2H3,(H2,21,22,23). The molecule has 1 fully saturated rings. The number of hydrogen-bond donors (Lipinski definition) is 3. The van der Waals surface area contributed by atoms with Gasteiger partial charge in [-0.25, -0.2) is 4.99 Å². The van der Waals surface area contributed by atoms with E-state index in [2.05, 4.69) is 17.6 Å². The van der Waals surface area contributed by atoms with Crippen LogP contribution >= 0.6 is 0 Å². The SMILES string of the molecule is CCNC(=NCc1ccc(OC)cc1)NCC1(CCO)CCCCC1. The summed E-state index contributed by atoms with van der Waals surface area (Å²) in [5.74, 6) is 1.71. The molecule has 0 radical (unpaired) electrons. The van der Waals surface area contributed by atoms with Crippen LogP contribution in [0.4, 0.5) is 0 Å². The summed E-state index contributed by atoms with van der Waals surface area (Å²) in [4.78, 5) is 4.71. The monoisotopic (exact) mass is 347 g/mol. The van der Waals surface area contributed by atoms with Crippen LogP contribution in [-0.2, 0) is 6.54 Å². The molecule has 140 valence electrons. The number of hydrogen-bond acceptors (Lipinski definition) is 3. The molecule has 0 aromatic heterocycles. The van der Waals surface area contributed by atoms with Gasteiger partial charge in [0.15, 0.2) is 5.96 Å². The van der Waals surface area contributed by atoms with Gasteiger partial charge in [-0.1, -0.05) is 31.4 Å². The second-order valence-corrected chi connectivity index (χ2v) is 6.93. The summed E-state index contributed by atoms with van der Waals surface area (Å²) in [5.41, 5.74) is 1.37. The van der Waals surface area contributed by atoms with Gasteiger partial charge in [-0.3, -0.25) is 0 Å². The molecular weight excluding hydrogens is 314 g/mol. The fraction of sp³-hybridized carbons (Fsp3) is 0.650. The number of rotatable bonds is 8. The zero-order valence-corrected chi connectivity index (χ0v) is 15.7. The van der Waals surface area contributed by atoms with Crippen LogP contribution in [0.1, 0.15) is 51.0 Å². The summed E-state index contributed by atoms with van der Waals surface area (Å²) < 4.78 is 5.19. The fourth-order valence-corrected chi connectivity index (χ4v) is 3.57. The lowest BCUT2D eigenvalue weighted by Gasteiger charge is -2.37. The lowest BCUT2D eigenvalue weighted by molar-refractivity contribution is 0.131. The first-order valence-electron chi connectivity index (χ1n) is 9.47. The van der Waals surface area contributed by atoms with E-state index < -0.39 is 0 Å². The Morgan fingerprint density at radius 1 is 1.16 bits per heavy atom. The van der Waals surface area contributed by atoms with E-state index in [0.29, 0.717) is 6.54 Å². The Balaban J connectivity index is 1.95. The Hall–Kier alpha value is -1.75. The normalized spacial score (nSPS) is 17.2. The molecule has 3 N–H and O–H groups in total. The van der Waals surface area contributed by atoms with E-state index in [0.717, 1.165) is 36.8 Å². The van der Waals surface area contributed by atoms with Crippen molar-refractivity contribution in [3.8, 4) is 5.75 Å². The number of nitrogens with zero attached hydrogens (tertiary/aromatic N) is 1. The summed E-state index contributed by atoms with van der Waals surface area (Å²) in [6.07, 6.45) is 7.11. The second-order valence-electron chi connectivity index (χ2n) is 6.93. The van der Waals surface area contributed by atoms with Gasteiger partial charge < -0.3 is 20.5 Å². The molecule has 5 nitrogen and oxygen atoms in total. The molecule has 1 aromatic rings. The zero-order chi connectivity index (χ0) is 18.0. The van der Waals surface area contributed by atoms with Crippen LogP contribution in [0.2, 0.25) is 0 Å². The molecule has 0 saturated heterocycles. The summed E-state index contributed by atoms with van der Waals surface area (Å²) >= 11 is 0. The van der Waals surface area contributed by atoms with Gasteiger partial charge in [-0.2, -0.15) is 0 Å². The summed E-state index contributed by atoms with van der Waals surface area (Å²) in [6, 6.07) is 8.01. The maximum atomic E-state index is 9.46. The van der Waals surface area contributed by atoms with E-state index in [-0.39, 0.29) is 12.0 Å². The highest BCUT2D eigenvalue weighted by Crippen LogP contribution is 2.38. The summed E-state index contributed by atoms with van der Waals surface area (Å²) in [6.45, 7) is 4.69. The quantitative estimate of drug-likeness (QED) is 0.499. The molecule has 0 atom stereocenters. The average molecular weight is 348 g/mol. The molecule has 0 unspecified atom stereocenters. The minimum atomic E-state index is 0.212. The van der Waals surface area contributed by atoms with E-state index >= 15 is 0 Å². The van der Waals surface area contributed by atoms with Crippen LogP contribution in [0.3, 0.4) is 0 Å². The van der Waals surface area contributed by atoms with Crippen molar-refractivity contribution in [2.45, 2.75) is 52.0 Å². The average Bonchev–Trinajstić information content (AvgIpc) is 2.65. The molecular formula is C20H33N3O2. The molecule has 25 heavy (non-hydrogen) atoms. The number of aliphatic imine (C=N–C) groups is 1. The lowest BCUT2D eigenvalue weighted by atomic mass is 9.72. The lowest BCUT2D eigenvalue weighted by Crippen LogP contribution is -2.44. The number of ether oxygens (including phenoxy) is 1. The molecule has 1 aromatic carbocycles. The van der Waals surface area contributed by atoms with Crippen LogP contribution in [0.15, 0.2) is 29.3 Å². The number of guanidine groups is 1. The first kappa shape index (κ1) is 19.6. The van der Waals surface area contributed by atoms with Crippen LogP contribution in [-0.4, -0.2) is 37.9 Å². The highest BCUT2D eigenvalue weighted by atomic mass is 16.5. The highest BCUT2D eigenvalue weighted by molar-refractivity contribution is 5.79. The van der Waals surface area contributed by atoms with Crippen molar-refractivity contribution in [2.24, 2.45) is 10.4 Å². The first-order valence-corrected chi connectivity index (χ1v) is 9.47. The van der Waals surface area contributed by atoms with Crippen molar-refractivity contribution >= 4 is 5.96 Å². The van der Waals surface area contributed by atoms with Crippen molar-refractivity contribution in [2.75, 3.05) is 26.8 Å². The van der Waals surface area contributed by atoms with Crippen LogP contribution in [0, 0.1) is 5.41 Å². The van der Waals surface area contributed by atoms with Crippen molar-refractivity contribution in [1.82, 2.24) is 10.6 Å². The molecule has 0 amide bonds. The number of benzene rings is 1. The molecule has 1 aliphatic carbocycles. The number of nitrogens with one attached hydrogen (secondary N) is 2. The van der Waals surface area contributed by atoms with Gasteiger partial charge in [-0.15, -0.1) is 0 Å². The third-order valence-electron chi connectivity index (χ3n) is 5.11. The molecule has 0 heterocycles. The summed E-state index contributed by atoms with van der Waals surface area (Å²) in [5, 5.41) is 16.3. The largest absolute Gasteiger partial charge is 0.497 e. The molecule has 1 saturated carbocycles. The summed E-state index contributed by atoms with van der Waals surface area (Å²) in [7, 11) is 1.67. The predicted octanol–water partition coefficient (Wildman–Crippen LogP) is 3.08. The predicted molar refractivity (Wildman–Crippen MR) is 103 cm³/mol. The third-order valence-corrected chi connectivity index (χ3v) is 5.11. The minimum absolute atomic E-state index is 0.212. The Labute approximate surface area is 151 Å². The van der Waals surface area contributed by atoms with Crippen LogP contribution < -0.4 is 15.4 Å². The first-order chi connectivity index (χ1) is 12.2. The highest BCUT2D eigenvalue weighted by Gasteiger charge is 2.31. The van der Waals surface area contributed by atoms with Crippen molar-refractivity contribution in [1.29, 1.82) is 0 Å². The second kappa shape index (κ2) is 10.3. The minimum Gasteiger partial charge on any atom is -0.497 e. The van der Waals surface area contributed by atoms with E-state index in [9.17, 15) is 5.11 Å². The van der Waals surface area contributed by atoms with Gasteiger partial charge in [0.1, 0.15) is 5.75 Å². The van der Waals surface area contributed by atoms with Gasteiger partial charge in [0.25, 0.3) is 0 Å². The van der Waals surface area contributed by atoms with Gasteiger partial charge >= 0.3 is 0 Å². The maximum Gasteiger partial charge on any atom is 0.191 e. The Morgan fingerprint density at radius 2 is 1.88 bits per heavy atom. The molecule has 0 bridgehead atoms. The van der Waals surface area contributed by atoms with E-state index in [1.54, 1.807) is 7.11 Å². The number of aliphatic hydroxyl groups is 1. The van der Waals surface area contributed by atoms with Crippen molar-refractivity contribution in [3.63, 3.8) is 0 Å². The smallest absolute Gasteiger partial charge is 0.191 e. The van der Waals surface area contributed by atoms with Crippen molar-refractivity contribution < 1.29 is 9.84 Å². The van der Waals surface area contributed by atoms with E-state index in [4.69, 9.17) is 9.73 Å². The molecule has 2 rings (SSSR count). The van der Waals surface area contributed by atoms with Gasteiger partial charge in [0, 0.05) is 19.7 Å². The number of aliphatic hydroxyl groups excluding tert-OH is 1. The van der Waals surface area contributed by atoms with Crippen molar-refractivity contribution in [3.05, 3.63) is 29.8 Å². The third kappa shape index (κ3) is 6.24. The van der Waals surface area contributed by atoms with E-state index in [1.165, 1.54) is 32.1 Å². The topological polar surface area (TPSA) is 65.9 Å². The number of methoxy groups -OCH3 is 1. The Bertz CT molecular complexity index is 517. The maximum absolute atomic E-state index is 9.46. The van der Waals surface area contributed by atoms with Crippen LogP contribution in [0.25, 0.3) is 0 Å². The Kier molecular flexibility index (Phi) is 8.06. The fourth-order valence-electron chi connectivity index (χ4n) is 3.57. The molecule has 0 spiro atoms. The Morgan fingerprint density at radius 3 is 2.48 bits per heavy atom. The van der Waals surface area contributed by atoms with Gasteiger partial charge in [-0.05, 0) is 49.3 Å². The van der Waals surface area contributed by atoms with Gasteiger partial charge in [0.2, 0.25) is 0 Å². The molecule has 1 aliphatic rings. The molecule has 0 aliphatic heterocycles. The van der Waals surface area contributed by atoms with E-state index in [1.807, 2.05) is 24.3 Å². The van der Waals surface area contributed by atoms with Crippen LogP contribution in [0.5, 0.6) is 5.75 Å². The molecule has 5 heteroatoms.